The molecule has 1 fully saturated rings. The Morgan fingerprint density at radius 1 is 1.42 bits per heavy atom. The average molecular weight is 277 g/mol. The van der Waals surface area contributed by atoms with Gasteiger partial charge in [0.15, 0.2) is 5.82 Å². The molecule has 2 aromatic rings. The molecule has 5 nitrogen and oxygen atoms in total. The maximum Gasteiger partial charge on any atom is 0.169 e. The average Bonchev–Trinajstić information content (AvgIpc) is 2.91. The van der Waals surface area contributed by atoms with Crippen LogP contribution in [0.15, 0.2) is 5.38 Å². The quantitative estimate of drug-likeness (QED) is 0.936. The van der Waals surface area contributed by atoms with Gasteiger partial charge in [-0.25, -0.2) is 9.67 Å². The number of thiazole rings is 1. The van der Waals surface area contributed by atoms with Gasteiger partial charge in [0.05, 0.1) is 22.9 Å². The lowest BCUT2D eigenvalue weighted by molar-refractivity contribution is 0.573. The second-order valence-electron chi connectivity index (χ2n) is 6.19. The zero-order chi connectivity index (χ0) is 13.6. The molecular weight excluding hydrogens is 258 g/mol. The Bertz CT molecular complexity index is 588. The number of aromatic nitrogens is 4. The normalized spacial score (nSPS) is 15.9. The predicted octanol–water partition coefficient (Wildman–Crippen LogP) is 2.54. The third-order valence-corrected chi connectivity index (χ3v) is 4.59. The van der Waals surface area contributed by atoms with Crippen molar-refractivity contribution in [2.45, 2.75) is 51.5 Å². The molecule has 0 aliphatic heterocycles. The summed E-state index contributed by atoms with van der Waals surface area (Å²) in [5.41, 5.74) is 8.13. The molecule has 1 aliphatic carbocycles. The lowest BCUT2D eigenvalue weighted by Gasteiger charge is -2.13. The Hall–Kier alpha value is -1.43. The van der Waals surface area contributed by atoms with Gasteiger partial charge >= 0.3 is 0 Å². The molecule has 0 atom stereocenters. The number of hydrogen-bond donors (Lipinski definition) is 1. The Morgan fingerprint density at radius 3 is 2.74 bits per heavy atom. The fourth-order valence-corrected chi connectivity index (χ4v) is 3.00. The number of nitrogens with zero attached hydrogens (tertiary/aromatic N) is 4. The van der Waals surface area contributed by atoms with Crippen LogP contribution in [0.1, 0.15) is 55.9 Å². The number of nitrogen functional groups attached to an aromatic ring is 1. The van der Waals surface area contributed by atoms with Crippen molar-refractivity contribution in [1.82, 2.24) is 20.0 Å². The van der Waals surface area contributed by atoms with Crippen LogP contribution >= 0.6 is 11.3 Å². The zero-order valence-corrected chi connectivity index (χ0v) is 12.4. The molecule has 0 aromatic carbocycles. The molecule has 1 saturated carbocycles. The highest BCUT2D eigenvalue weighted by Gasteiger charge is 2.30. The third kappa shape index (κ3) is 2.49. The van der Waals surface area contributed by atoms with Gasteiger partial charge in [0.1, 0.15) is 0 Å². The van der Waals surface area contributed by atoms with Crippen LogP contribution in [0, 0.1) is 0 Å². The first-order valence-corrected chi connectivity index (χ1v) is 7.47. The van der Waals surface area contributed by atoms with E-state index in [1.54, 1.807) is 11.3 Å². The molecule has 0 unspecified atom stereocenters. The molecule has 102 valence electrons. The summed E-state index contributed by atoms with van der Waals surface area (Å²) < 4.78 is 1.91. The van der Waals surface area contributed by atoms with Crippen LogP contribution in [-0.2, 0) is 12.0 Å². The van der Waals surface area contributed by atoms with Crippen LogP contribution in [-0.4, -0.2) is 20.0 Å². The van der Waals surface area contributed by atoms with Gasteiger partial charge in [-0.05, 0) is 12.8 Å². The topological polar surface area (TPSA) is 69.6 Å². The largest absolute Gasteiger partial charge is 0.381 e. The summed E-state index contributed by atoms with van der Waals surface area (Å²) in [5, 5.41) is 11.4. The first-order valence-electron chi connectivity index (χ1n) is 6.59. The maximum absolute atomic E-state index is 5.90. The van der Waals surface area contributed by atoms with Gasteiger partial charge in [-0.1, -0.05) is 26.0 Å². The van der Waals surface area contributed by atoms with E-state index < -0.39 is 0 Å². The molecule has 0 bridgehead atoms. The third-order valence-electron chi connectivity index (χ3n) is 3.27. The Kier molecular flexibility index (Phi) is 2.85. The first-order chi connectivity index (χ1) is 8.95. The summed E-state index contributed by atoms with van der Waals surface area (Å²) in [5.74, 6) is 1.13. The van der Waals surface area contributed by atoms with Crippen molar-refractivity contribution in [2.75, 3.05) is 5.73 Å². The van der Waals surface area contributed by atoms with Crippen molar-refractivity contribution < 1.29 is 0 Å². The molecular formula is C13H19N5S. The van der Waals surface area contributed by atoms with Gasteiger partial charge in [-0.15, -0.1) is 16.4 Å². The minimum absolute atomic E-state index is 0.101. The number of anilines is 1. The predicted molar refractivity (Wildman–Crippen MR) is 76.3 cm³/mol. The molecule has 1 aliphatic rings. The lowest BCUT2D eigenvalue weighted by atomic mass is 9.98. The van der Waals surface area contributed by atoms with Crippen LogP contribution in [0.2, 0.25) is 0 Å². The van der Waals surface area contributed by atoms with Crippen molar-refractivity contribution in [2.24, 2.45) is 0 Å². The van der Waals surface area contributed by atoms with E-state index in [0.29, 0.717) is 18.3 Å². The minimum atomic E-state index is 0.101. The van der Waals surface area contributed by atoms with E-state index in [2.05, 4.69) is 36.5 Å². The van der Waals surface area contributed by atoms with E-state index in [0.717, 1.165) is 16.4 Å². The summed E-state index contributed by atoms with van der Waals surface area (Å²) in [6.07, 6.45) is 2.39. The second-order valence-corrected chi connectivity index (χ2v) is 7.04. The Morgan fingerprint density at radius 2 is 2.16 bits per heavy atom. The van der Waals surface area contributed by atoms with Gasteiger partial charge < -0.3 is 5.73 Å². The molecule has 19 heavy (non-hydrogen) atoms. The smallest absolute Gasteiger partial charge is 0.169 e. The van der Waals surface area contributed by atoms with E-state index in [9.17, 15) is 0 Å². The van der Waals surface area contributed by atoms with Crippen molar-refractivity contribution >= 4 is 17.2 Å². The van der Waals surface area contributed by atoms with Gasteiger partial charge in [-0.2, -0.15) is 0 Å². The summed E-state index contributed by atoms with van der Waals surface area (Å²) in [6, 6.07) is 0. The molecule has 2 heterocycles. The maximum atomic E-state index is 5.90. The second kappa shape index (κ2) is 4.30. The summed E-state index contributed by atoms with van der Waals surface area (Å²) in [7, 11) is 0. The van der Waals surface area contributed by atoms with Crippen LogP contribution in [0.5, 0.6) is 0 Å². The fraction of sp³-hybridized carbons (Fsp3) is 0.615. The van der Waals surface area contributed by atoms with Gasteiger partial charge in [0, 0.05) is 16.7 Å². The molecule has 2 aromatic heterocycles. The Balaban J connectivity index is 1.84. The van der Waals surface area contributed by atoms with Gasteiger partial charge in [-0.3, -0.25) is 0 Å². The molecule has 0 spiro atoms. The standard InChI is InChI=1S/C13H19N5S/c1-13(2,3)12-15-9(7-19-12)6-18-10(8-4-5-8)11(14)16-17-18/h7-8H,4-6,14H2,1-3H3. The number of rotatable bonds is 3. The highest BCUT2D eigenvalue weighted by atomic mass is 32.1. The lowest BCUT2D eigenvalue weighted by Crippen LogP contribution is -2.12. The monoisotopic (exact) mass is 277 g/mol. The highest BCUT2D eigenvalue weighted by Crippen LogP contribution is 2.42. The first kappa shape index (κ1) is 12.6. The highest BCUT2D eigenvalue weighted by molar-refractivity contribution is 7.09. The molecule has 0 radical (unpaired) electrons. The van der Waals surface area contributed by atoms with Gasteiger partial charge in [0.2, 0.25) is 0 Å². The minimum Gasteiger partial charge on any atom is -0.381 e. The molecule has 3 rings (SSSR count). The Labute approximate surface area is 116 Å². The fourth-order valence-electron chi connectivity index (χ4n) is 2.10. The van der Waals surface area contributed by atoms with Crippen LogP contribution in [0.3, 0.4) is 0 Å². The van der Waals surface area contributed by atoms with Crippen molar-refractivity contribution in [1.29, 1.82) is 0 Å². The molecule has 0 saturated heterocycles. The van der Waals surface area contributed by atoms with E-state index >= 15 is 0 Å². The summed E-state index contributed by atoms with van der Waals surface area (Å²) in [4.78, 5) is 4.70. The molecule has 2 N–H and O–H groups in total. The number of nitrogens with two attached hydrogens (primary N) is 1. The number of hydrogen-bond acceptors (Lipinski definition) is 5. The van der Waals surface area contributed by atoms with Crippen LogP contribution in [0.25, 0.3) is 0 Å². The van der Waals surface area contributed by atoms with Crippen molar-refractivity contribution in [3.8, 4) is 0 Å². The van der Waals surface area contributed by atoms with Crippen molar-refractivity contribution in [3.05, 3.63) is 21.8 Å². The van der Waals surface area contributed by atoms with Crippen molar-refractivity contribution in [3.63, 3.8) is 0 Å². The zero-order valence-electron chi connectivity index (χ0n) is 11.6. The van der Waals surface area contributed by atoms with E-state index in [1.807, 2.05) is 4.68 Å². The summed E-state index contributed by atoms with van der Waals surface area (Å²) >= 11 is 1.71. The van der Waals surface area contributed by atoms with Gasteiger partial charge in [0.25, 0.3) is 0 Å². The van der Waals surface area contributed by atoms with E-state index in [1.165, 1.54) is 12.8 Å². The van der Waals surface area contributed by atoms with Crippen LogP contribution in [0.4, 0.5) is 5.82 Å². The van der Waals surface area contributed by atoms with Crippen LogP contribution < -0.4 is 5.73 Å². The SMILES string of the molecule is CC(C)(C)c1nc(Cn2nnc(N)c2C2CC2)cs1. The molecule has 0 amide bonds. The van der Waals surface area contributed by atoms with E-state index in [4.69, 9.17) is 10.7 Å². The van der Waals surface area contributed by atoms with E-state index in [-0.39, 0.29) is 5.41 Å². The molecule has 6 heteroatoms. The summed E-state index contributed by atoms with van der Waals surface area (Å²) in [6.45, 7) is 7.21.